The number of hydrogen-bond donors (Lipinski definition) is 0. The molecule has 0 unspecified atom stereocenters. The Morgan fingerprint density at radius 3 is 2.35 bits per heavy atom. The molecule has 0 spiro atoms. The van der Waals surface area contributed by atoms with Gasteiger partial charge in [-0.25, -0.2) is 0 Å². The highest BCUT2D eigenvalue weighted by atomic mass is 16.3. The Kier molecular flexibility index (Phi) is 3.45. The van der Waals surface area contributed by atoms with Crippen LogP contribution in [-0.2, 0) is 4.79 Å². The molecule has 0 bridgehead atoms. The maximum absolute atomic E-state index is 12.6. The summed E-state index contributed by atoms with van der Waals surface area (Å²) in [6.07, 6.45) is 1.25. The molecule has 0 radical (unpaired) electrons. The van der Waals surface area contributed by atoms with Crippen LogP contribution >= 0.6 is 0 Å². The second-order valence-corrected chi connectivity index (χ2v) is 5.49. The van der Waals surface area contributed by atoms with E-state index in [0.717, 1.165) is 0 Å². The summed E-state index contributed by atoms with van der Waals surface area (Å²) < 4.78 is 5.45. The Balaban J connectivity index is 2.20. The zero-order valence-corrected chi connectivity index (χ0v) is 12.8. The van der Waals surface area contributed by atoms with Gasteiger partial charge in [0.15, 0.2) is 5.78 Å². The first-order chi connectivity index (χ1) is 10.9. The van der Waals surface area contributed by atoms with Crippen molar-refractivity contribution in [3.8, 4) is 0 Å². The van der Waals surface area contributed by atoms with Gasteiger partial charge in [-0.15, -0.1) is 0 Å². The van der Waals surface area contributed by atoms with E-state index in [1.807, 2.05) is 0 Å². The van der Waals surface area contributed by atoms with Crippen LogP contribution in [0.2, 0.25) is 0 Å². The van der Waals surface area contributed by atoms with Gasteiger partial charge in [0.1, 0.15) is 12.0 Å². The van der Waals surface area contributed by atoms with Crippen molar-refractivity contribution < 1.29 is 18.8 Å². The van der Waals surface area contributed by atoms with Crippen molar-refractivity contribution >= 4 is 22.9 Å². The van der Waals surface area contributed by atoms with Crippen LogP contribution in [0.1, 0.15) is 45.9 Å². The third-order valence-electron chi connectivity index (χ3n) is 3.87. The Morgan fingerprint density at radius 1 is 1.09 bits per heavy atom. The SMILES string of the molecule is C=C(C)C1=C(C)c2occ(C(=O)c3ccccc3)c2C(=O)C1=O. The van der Waals surface area contributed by atoms with E-state index < -0.39 is 11.6 Å². The summed E-state index contributed by atoms with van der Waals surface area (Å²) in [6, 6.07) is 8.56. The second kappa shape index (κ2) is 5.32. The highest BCUT2D eigenvalue weighted by Gasteiger charge is 2.37. The fourth-order valence-electron chi connectivity index (χ4n) is 2.80. The van der Waals surface area contributed by atoms with Crippen LogP contribution in [0.5, 0.6) is 0 Å². The number of carbonyl (C=O) groups excluding carboxylic acids is 3. The lowest BCUT2D eigenvalue weighted by molar-refractivity contribution is -0.111. The van der Waals surface area contributed by atoms with Gasteiger partial charge in [-0.3, -0.25) is 14.4 Å². The molecule has 0 atom stereocenters. The maximum Gasteiger partial charge on any atom is 0.238 e. The molecule has 1 aliphatic carbocycles. The third kappa shape index (κ3) is 2.19. The van der Waals surface area contributed by atoms with Crippen molar-refractivity contribution in [2.75, 3.05) is 0 Å². The molecular weight excluding hydrogens is 292 g/mol. The molecule has 0 saturated heterocycles. The highest BCUT2D eigenvalue weighted by Crippen LogP contribution is 2.35. The fourth-order valence-corrected chi connectivity index (χ4v) is 2.80. The summed E-state index contributed by atoms with van der Waals surface area (Å²) in [5.74, 6) is -1.45. The van der Waals surface area contributed by atoms with Crippen molar-refractivity contribution in [1.82, 2.24) is 0 Å². The molecule has 1 heterocycles. The van der Waals surface area contributed by atoms with Gasteiger partial charge in [0.05, 0.1) is 11.1 Å². The molecular formula is C19H14O4. The van der Waals surface area contributed by atoms with E-state index in [4.69, 9.17) is 4.42 Å². The smallest absolute Gasteiger partial charge is 0.238 e. The predicted octanol–water partition coefficient (Wildman–Crippen LogP) is 3.63. The third-order valence-corrected chi connectivity index (χ3v) is 3.87. The van der Waals surface area contributed by atoms with Gasteiger partial charge < -0.3 is 4.42 Å². The van der Waals surface area contributed by atoms with Crippen molar-refractivity contribution in [3.05, 3.63) is 76.8 Å². The molecule has 23 heavy (non-hydrogen) atoms. The number of Topliss-reactive ketones (excluding diaryl/α,β-unsaturated/α-hetero) is 2. The number of allylic oxidation sites excluding steroid dienone is 3. The number of carbonyl (C=O) groups is 3. The van der Waals surface area contributed by atoms with Crippen molar-refractivity contribution in [3.63, 3.8) is 0 Å². The molecule has 2 aromatic rings. The van der Waals surface area contributed by atoms with Gasteiger partial charge in [0, 0.05) is 16.7 Å². The Hall–Kier alpha value is -3.01. The van der Waals surface area contributed by atoms with E-state index >= 15 is 0 Å². The average molecular weight is 306 g/mol. The number of rotatable bonds is 3. The average Bonchev–Trinajstić information content (AvgIpc) is 2.98. The van der Waals surface area contributed by atoms with Gasteiger partial charge in [-0.2, -0.15) is 0 Å². The van der Waals surface area contributed by atoms with E-state index in [9.17, 15) is 14.4 Å². The topological polar surface area (TPSA) is 64.3 Å². The van der Waals surface area contributed by atoms with E-state index in [0.29, 0.717) is 16.7 Å². The molecule has 1 aromatic heterocycles. The van der Waals surface area contributed by atoms with Crippen molar-refractivity contribution in [2.45, 2.75) is 13.8 Å². The minimum atomic E-state index is -0.725. The first kappa shape index (κ1) is 14.9. The summed E-state index contributed by atoms with van der Waals surface area (Å²) in [6.45, 7) is 7.09. The van der Waals surface area contributed by atoms with E-state index in [1.165, 1.54) is 6.26 Å². The maximum atomic E-state index is 12.6. The van der Waals surface area contributed by atoms with Gasteiger partial charge >= 0.3 is 0 Å². The summed E-state index contributed by atoms with van der Waals surface area (Å²) in [5, 5.41) is 0. The Labute approximate surface area is 133 Å². The first-order valence-corrected chi connectivity index (χ1v) is 7.11. The van der Waals surface area contributed by atoms with Crippen LogP contribution in [-0.4, -0.2) is 17.3 Å². The zero-order chi connectivity index (χ0) is 16.7. The molecule has 114 valence electrons. The molecule has 0 fully saturated rings. The quantitative estimate of drug-likeness (QED) is 0.641. The van der Waals surface area contributed by atoms with E-state index in [-0.39, 0.29) is 28.2 Å². The summed E-state index contributed by atoms with van der Waals surface area (Å²) in [4.78, 5) is 37.4. The molecule has 4 nitrogen and oxygen atoms in total. The van der Waals surface area contributed by atoms with Gasteiger partial charge in [0.25, 0.3) is 0 Å². The molecule has 4 heteroatoms. The minimum Gasteiger partial charge on any atom is -0.463 e. The lowest BCUT2D eigenvalue weighted by atomic mass is 9.84. The van der Waals surface area contributed by atoms with Crippen LogP contribution in [0.25, 0.3) is 5.57 Å². The molecule has 1 aromatic carbocycles. The molecule has 0 amide bonds. The van der Waals surface area contributed by atoms with Crippen LogP contribution in [0.3, 0.4) is 0 Å². The Bertz CT molecular complexity index is 895. The van der Waals surface area contributed by atoms with Gasteiger partial charge in [0.2, 0.25) is 11.6 Å². The normalized spacial score (nSPS) is 14.0. The van der Waals surface area contributed by atoms with Gasteiger partial charge in [-0.05, 0) is 19.4 Å². The monoisotopic (exact) mass is 306 g/mol. The van der Waals surface area contributed by atoms with Crippen molar-refractivity contribution in [1.29, 1.82) is 0 Å². The molecule has 1 aliphatic rings. The number of hydrogen-bond acceptors (Lipinski definition) is 4. The number of furan rings is 1. The Morgan fingerprint density at radius 2 is 1.74 bits per heavy atom. The number of fused-ring (bicyclic) bond motifs is 1. The predicted molar refractivity (Wildman–Crippen MR) is 85.3 cm³/mol. The lowest BCUT2D eigenvalue weighted by Crippen LogP contribution is -2.25. The summed E-state index contributed by atoms with van der Waals surface area (Å²) in [5.41, 5.74) is 1.89. The number of benzene rings is 1. The molecule has 3 rings (SSSR count). The second-order valence-electron chi connectivity index (χ2n) is 5.49. The number of ketones is 3. The summed E-state index contributed by atoms with van der Waals surface area (Å²) >= 11 is 0. The van der Waals surface area contributed by atoms with Crippen LogP contribution in [0.4, 0.5) is 0 Å². The van der Waals surface area contributed by atoms with Crippen LogP contribution in [0, 0.1) is 0 Å². The standard InChI is InChI=1S/C19H14O4/c1-10(2)14-11(3)19-15(18(22)17(14)21)13(9-23-19)16(20)12-7-5-4-6-8-12/h4-9H,1H2,2-3H3. The van der Waals surface area contributed by atoms with E-state index in [1.54, 1.807) is 44.2 Å². The summed E-state index contributed by atoms with van der Waals surface area (Å²) in [7, 11) is 0. The first-order valence-electron chi connectivity index (χ1n) is 7.11. The van der Waals surface area contributed by atoms with Gasteiger partial charge in [-0.1, -0.05) is 36.9 Å². The van der Waals surface area contributed by atoms with Crippen LogP contribution < -0.4 is 0 Å². The van der Waals surface area contributed by atoms with Crippen LogP contribution in [0.15, 0.2) is 58.7 Å². The molecule has 0 saturated carbocycles. The van der Waals surface area contributed by atoms with Crippen molar-refractivity contribution in [2.24, 2.45) is 0 Å². The highest BCUT2D eigenvalue weighted by molar-refractivity contribution is 6.54. The lowest BCUT2D eigenvalue weighted by Gasteiger charge is -2.15. The largest absolute Gasteiger partial charge is 0.463 e. The molecule has 0 N–H and O–H groups in total. The zero-order valence-electron chi connectivity index (χ0n) is 12.8. The minimum absolute atomic E-state index is 0.0475. The van der Waals surface area contributed by atoms with E-state index in [2.05, 4.69) is 6.58 Å². The molecule has 0 aliphatic heterocycles. The fraction of sp³-hybridized carbons (Fsp3) is 0.105.